The van der Waals surface area contributed by atoms with Crippen LogP contribution in [0.2, 0.25) is 0 Å². The summed E-state index contributed by atoms with van der Waals surface area (Å²) in [5, 5.41) is 4.39. The molecule has 1 amide bonds. The van der Waals surface area contributed by atoms with Gasteiger partial charge in [-0.1, -0.05) is 31.5 Å². The standard InChI is InChI=1S/C18H23N3O2S2/c1-10-6-7-12-13(8-10)25-17-15(12)16(23)20-18(21-17)24-9-14(22)19-11-4-2-3-5-11/h10-11H,2-9H2,1H3,(H,19,22)(H,20,21,23)/t10-/m0/s1. The van der Waals surface area contributed by atoms with Gasteiger partial charge in [-0.3, -0.25) is 9.59 Å². The van der Waals surface area contributed by atoms with Crippen molar-refractivity contribution in [2.24, 2.45) is 5.92 Å². The van der Waals surface area contributed by atoms with E-state index in [1.807, 2.05) is 0 Å². The van der Waals surface area contributed by atoms with Crippen molar-refractivity contribution in [3.8, 4) is 0 Å². The molecule has 1 atom stereocenters. The van der Waals surface area contributed by atoms with Crippen LogP contribution in [-0.2, 0) is 17.6 Å². The van der Waals surface area contributed by atoms with E-state index < -0.39 is 0 Å². The van der Waals surface area contributed by atoms with Crippen molar-refractivity contribution in [1.82, 2.24) is 15.3 Å². The number of carbonyl (C=O) groups is 1. The predicted molar refractivity (Wildman–Crippen MR) is 103 cm³/mol. The maximum atomic E-state index is 12.5. The van der Waals surface area contributed by atoms with E-state index in [0.717, 1.165) is 42.3 Å². The second-order valence-corrected chi connectivity index (χ2v) is 9.29. The van der Waals surface area contributed by atoms with Crippen molar-refractivity contribution in [2.75, 3.05) is 5.75 Å². The fourth-order valence-corrected chi connectivity index (χ4v) is 5.98. The van der Waals surface area contributed by atoms with Gasteiger partial charge in [0.25, 0.3) is 5.56 Å². The average molecular weight is 378 g/mol. The Morgan fingerprint density at radius 1 is 1.36 bits per heavy atom. The first-order valence-electron chi connectivity index (χ1n) is 9.07. The minimum atomic E-state index is -0.0595. The van der Waals surface area contributed by atoms with Gasteiger partial charge in [0.05, 0.1) is 11.1 Å². The molecule has 2 N–H and O–H groups in total. The quantitative estimate of drug-likeness (QED) is 0.633. The number of thiophene rings is 1. The lowest BCUT2D eigenvalue weighted by Crippen LogP contribution is -2.33. The Labute approximate surface area is 155 Å². The summed E-state index contributed by atoms with van der Waals surface area (Å²) >= 11 is 2.96. The Morgan fingerprint density at radius 3 is 2.96 bits per heavy atom. The molecule has 0 bridgehead atoms. The molecule has 7 heteroatoms. The van der Waals surface area contributed by atoms with Crippen LogP contribution in [0.1, 0.15) is 49.5 Å². The van der Waals surface area contributed by atoms with Crippen molar-refractivity contribution in [1.29, 1.82) is 0 Å². The highest BCUT2D eigenvalue weighted by atomic mass is 32.2. The number of nitrogens with zero attached hydrogens (tertiary/aromatic N) is 1. The first-order valence-corrected chi connectivity index (χ1v) is 10.9. The van der Waals surface area contributed by atoms with E-state index in [1.165, 1.54) is 35.0 Å². The Morgan fingerprint density at radius 2 is 2.16 bits per heavy atom. The van der Waals surface area contributed by atoms with Crippen LogP contribution in [-0.4, -0.2) is 27.7 Å². The topological polar surface area (TPSA) is 74.8 Å². The van der Waals surface area contributed by atoms with E-state index in [-0.39, 0.29) is 11.5 Å². The minimum Gasteiger partial charge on any atom is -0.353 e. The van der Waals surface area contributed by atoms with Crippen LogP contribution >= 0.6 is 23.1 Å². The molecule has 2 aromatic rings. The highest BCUT2D eigenvalue weighted by molar-refractivity contribution is 7.99. The molecule has 2 aliphatic carbocycles. The molecule has 2 aliphatic rings. The van der Waals surface area contributed by atoms with Crippen molar-refractivity contribution in [3.05, 3.63) is 20.8 Å². The van der Waals surface area contributed by atoms with E-state index >= 15 is 0 Å². The van der Waals surface area contributed by atoms with E-state index in [4.69, 9.17) is 0 Å². The normalized spacial score (nSPS) is 20.8. The number of thioether (sulfide) groups is 1. The Bertz CT molecular complexity index is 852. The summed E-state index contributed by atoms with van der Waals surface area (Å²) in [6, 6.07) is 0.327. The average Bonchev–Trinajstić information content (AvgIpc) is 3.19. The first kappa shape index (κ1) is 17.1. The van der Waals surface area contributed by atoms with E-state index in [9.17, 15) is 9.59 Å². The summed E-state index contributed by atoms with van der Waals surface area (Å²) in [5.41, 5.74) is 1.14. The van der Waals surface area contributed by atoms with Crippen LogP contribution in [0.4, 0.5) is 0 Å². The van der Waals surface area contributed by atoms with Gasteiger partial charge < -0.3 is 10.3 Å². The summed E-state index contributed by atoms with van der Waals surface area (Å²) in [5.74, 6) is 0.999. The summed E-state index contributed by atoms with van der Waals surface area (Å²) < 4.78 is 0. The molecular formula is C18H23N3O2S2. The number of carbonyl (C=O) groups excluding carboxylic acids is 1. The van der Waals surface area contributed by atoms with Gasteiger partial charge >= 0.3 is 0 Å². The largest absolute Gasteiger partial charge is 0.353 e. The highest BCUT2D eigenvalue weighted by Gasteiger charge is 2.23. The molecule has 2 heterocycles. The lowest BCUT2D eigenvalue weighted by atomic mass is 9.89. The van der Waals surface area contributed by atoms with Crippen molar-refractivity contribution in [3.63, 3.8) is 0 Å². The molecule has 1 saturated carbocycles. The molecule has 5 nitrogen and oxygen atoms in total. The molecule has 0 unspecified atom stereocenters. The zero-order valence-corrected chi connectivity index (χ0v) is 16.0. The van der Waals surface area contributed by atoms with E-state index in [0.29, 0.717) is 22.9 Å². The number of hydrogen-bond acceptors (Lipinski definition) is 5. The highest BCUT2D eigenvalue weighted by Crippen LogP contribution is 2.36. The van der Waals surface area contributed by atoms with Crippen molar-refractivity contribution < 1.29 is 4.79 Å². The number of amides is 1. The molecule has 0 radical (unpaired) electrons. The van der Waals surface area contributed by atoms with Gasteiger partial charge in [0, 0.05) is 10.9 Å². The number of aromatic nitrogens is 2. The van der Waals surface area contributed by atoms with Crippen LogP contribution in [0.3, 0.4) is 0 Å². The van der Waals surface area contributed by atoms with Crippen LogP contribution < -0.4 is 10.9 Å². The summed E-state index contributed by atoms with van der Waals surface area (Å²) in [7, 11) is 0. The Balaban J connectivity index is 1.49. The number of fused-ring (bicyclic) bond motifs is 3. The predicted octanol–water partition coefficient (Wildman–Crippen LogP) is 3.26. The number of aryl methyl sites for hydroxylation is 1. The monoisotopic (exact) mass is 377 g/mol. The minimum absolute atomic E-state index is 0.0268. The molecule has 0 saturated heterocycles. The molecule has 4 rings (SSSR count). The molecule has 1 fully saturated rings. The Hall–Kier alpha value is -1.34. The van der Waals surface area contributed by atoms with Crippen LogP contribution in [0.25, 0.3) is 10.2 Å². The maximum Gasteiger partial charge on any atom is 0.260 e. The molecule has 2 aromatic heterocycles. The smallest absolute Gasteiger partial charge is 0.260 e. The first-order chi connectivity index (χ1) is 12.1. The molecule has 0 aliphatic heterocycles. The van der Waals surface area contributed by atoms with Crippen molar-refractivity contribution in [2.45, 2.75) is 63.1 Å². The number of H-pyrrole nitrogens is 1. The van der Waals surface area contributed by atoms with Gasteiger partial charge in [-0.25, -0.2) is 4.98 Å². The van der Waals surface area contributed by atoms with Gasteiger partial charge in [-0.05, 0) is 43.6 Å². The number of hydrogen-bond donors (Lipinski definition) is 2. The number of nitrogens with one attached hydrogen (secondary N) is 2. The maximum absolute atomic E-state index is 12.5. The molecule has 134 valence electrons. The zero-order valence-electron chi connectivity index (χ0n) is 14.4. The third-order valence-electron chi connectivity index (χ3n) is 5.20. The summed E-state index contributed by atoms with van der Waals surface area (Å²) in [6.07, 6.45) is 7.71. The third-order valence-corrected chi connectivity index (χ3v) is 7.23. The second-order valence-electron chi connectivity index (χ2n) is 7.24. The summed E-state index contributed by atoms with van der Waals surface area (Å²) in [6.45, 7) is 2.26. The fraction of sp³-hybridized carbons (Fsp3) is 0.611. The molecule has 0 spiro atoms. The lowest BCUT2D eigenvalue weighted by Gasteiger charge is -2.17. The SMILES string of the molecule is C[C@H]1CCc2c(sc3nc(SCC(=O)NC4CCCC4)[nH]c(=O)c23)C1. The van der Waals surface area contributed by atoms with Gasteiger partial charge in [0.2, 0.25) is 5.91 Å². The van der Waals surface area contributed by atoms with Crippen LogP contribution in [0, 0.1) is 5.92 Å². The molecular weight excluding hydrogens is 354 g/mol. The fourth-order valence-electron chi connectivity index (χ4n) is 3.87. The number of rotatable bonds is 4. The summed E-state index contributed by atoms with van der Waals surface area (Å²) in [4.78, 5) is 34.2. The van der Waals surface area contributed by atoms with E-state index in [1.54, 1.807) is 11.3 Å². The Kier molecular flexibility index (Phi) is 4.86. The van der Waals surface area contributed by atoms with Gasteiger partial charge in [0.1, 0.15) is 4.83 Å². The van der Waals surface area contributed by atoms with E-state index in [2.05, 4.69) is 22.2 Å². The lowest BCUT2D eigenvalue weighted by molar-refractivity contribution is -0.119. The van der Waals surface area contributed by atoms with Gasteiger partial charge in [-0.15, -0.1) is 11.3 Å². The molecule has 25 heavy (non-hydrogen) atoms. The third kappa shape index (κ3) is 3.62. The van der Waals surface area contributed by atoms with Crippen LogP contribution in [0.15, 0.2) is 9.95 Å². The second kappa shape index (κ2) is 7.11. The zero-order chi connectivity index (χ0) is 17.4. The number of aromatic amines is 1. The van der Waals surface area contributed by atoms with Crippen molar-refractivity contribution >= 4 is 39.2 Å². The molecule has 0 aromatic carbocycles. The van der Waals surface area contributed by atoms with Gasteiger partial charge in [-0.2, -0.15) is 0 Å². The van der Waals surface area contributed by atoms with Gasteiger partial charge in [0.15, 0.2) is 5.16 Å². The van der Waals surface area contributed by atoms with Crippen LogP contribution in [0.5, 0.6) is 0 Å².